The lowest BCUT2D eigenvalue weighted by atomic mass is 10.0. The van der Waals surface area contributed by atoms with Crippen molar-refractivity contribution in [2.24, 2.45) is 0 Å². The first-order valence-corrected chi connectivity index (χ1v) is 21.3. The number of hydrogen-bond donors (Lipinski definition) is 1. The summed E-state index contributed by atoms with van der Waals surface area (Å²) in [6.07, 6.45) is 48.4. The highest BCUT2D eigenvalue weighted by Gasteiger charge is 2.13. The predicted molar refractivity (Wildman–Crippen MR) is 205 cm³/mol. The Hall–Kier alpha value is -0.870. The van der Waals surface area contributed by atoms with Crippen LogP contribution in [0.5, 0.6) is 0 Å². The van der Waals surface area contributed by atoms with Crippen LogP contribution in [0.2, 0.25) is 0 Å². The van der Waals surface area contributed by atoms with Crippen LogP contribution in [0.1, 0.15) is 232 Å². The Morgan fingerprint density at radius 1 is 0.489 bits per heavy atom. The number of aliphatic hydroxyl groups is 1. The Bertz CT molecular complexity index is 619. The molecule has 1 N–H and O–H groups in total. The lowest BCUT2D eigenvalue weighted by Crippen LogP contribution is -2.27. The quantitative estimate of drug-likeness (QED) is 0.0402. The summed E-state index contributed by atoms with van der Waals surface area (Å²) in [5.74, 6) is -0.205. The number of unbranched alkanes of at least 4 members (excludes halogenated alkanes) is 30. The van der Waals surface area contributed by atoms with E-state index >= 15 is 0 Å². The zero-order valence-corrected chi connectivity index (χ0v) is 32.1. The number of allylic oxidation sites excluding steroid dienone is 2. The average Bonchev–Trinajstić information content (AvgIpc) is 3.08. The number of aliphatic hydroxyl groups excluding tert-OH is 1. The first kappa shape index (κ1) is 46.1. The normalized spacial score (nSPS) is 12.3. The summed E-state index contributed by atoms with van der Waals surface area (Å²) in [5.41, 5.74) is 0. The molecule has 1 atom stereocenters. The Balaban J connectivity index is 3.36. The summed E-state index contributed by atoms with van der Waals surface area (Å²) in [5, 5.41) is 9.58. The lowest BCUT2D eigenvalue weighted by Gasteiger charge is -2.15. The van der Waals surface area contributed by atoms with Gasteiger partial charge in [0.25, 0.3) is 0 Å². The summed E-state index contributed by atoms with van der Waals surface area (Å²) in [7, 11) is 0. The Kier molecular flexibility index (Phi) is 40.5. The molecule has 0 aromatic rings. The van der Waals surface area contributed by atoms with Crippen molar-refractivity contribution in [2.45, 2.75) is 238 Å². The standard InChI is InChI=1S/C43H84O4/c1-3-5-7-9-11-13-15-17-19-20-21-22-23-24-25-27-29-31-33-35-37-39-46-41-42(40-44)47-43(45)38-36-34-32-30-28-26-18-16-14-12-10-8-6-4-2/h16,18,42,44H,3-15,17,19-41H2,1-2H3/b18-16-. The molecule has 1 unspecified atom stereocenters. The van der Waals surface area contributed by atoms with Crippen LogP contribution < -0.4 is 0 Å². The second kappa shape index (κ2) is 41.3. The van der Waals surface area contributed by atoms with Crippen molar-refractivity contribution in [3.05, 3.63) is 12.2 Å². The average molecular weight is 665 g/mol. The molecule has 280 valence electrons. The van der Waals surface area contributed by atoms with Crippen LogP contribution in [-0.4, -0.2) is 37.0 Å². The molecule has 0 spiro atoms. The highest BCUT2D eigenvalue weighted by molar-refractivity contribution is 5.69. The SMILES string of the molecule is CCCCCCC/C=C\CCCCCCCC(=O)OC(CO)COCCCCCCCCCCCCCCCCCCCCCCC. The molecule has 0 saturated carbocycles. The number of hydrogen-bond acceptors (Lipinski definition) is 4. The van der Waals surface area contributed by atoms with Gasteiger partial charge >= 0.3 is 5.97 Å². The minimum absolute atomic E-state index is 0.169. The fourth-order valence-electron chi connectivity index (χ4n) is 6.38. The maximum Gasteiger partial charge on any atom is 0.306 e. The van der Waals surface area contributed by atoms with Gasteiger partial charge in [-0.25, -0.2) is 0 Å². The molecular formula is C43H84O4. The number of rotatable bonds is 40. The van der Waals surface area contributed by atoms with Crippen LogP contribution in [-0.2, 0) is 14.3 Å². The Morgan fingerprint density at radius 2 is 0.830 bits per heavy atom. The van der Waals surface area contributed by atoms with E-state index in [0.29, 0.717) is 19.6 Å². The molecule has 0 aliphatic heterocycles. The molecule has 0 fully saturated rings. The minimum Gasteiger partial charge on any atom is -0.457 e. The van der Waals surface area contributed by atoms with E-state index in [2.05, 4.69) is 26.0 Å². The van der Waals surface area contributed by atoms with E-state index in [1.165, 1.54) is 193 Å². The second-order valence-corrected chi connectivity index (χ2v) is 14.4. The van der Waals surface area contributed by atoms with Gasteiger partial charge in [0, 0.05) is 13.0 Å². The second-order valence-electron chi connectivity index (χ2n) is 14.4. The number of carbonyl (C=O) groups is 1. The maximum absolute atomic E-state index is 12.2. The molecule has 0 saturated heterocycles. The van der Waals surface area contributed by atoms with Crippen LogP contribution in [0.25, 0.3) is 0 Å². The van der Waals surface area contributed by atoms with Crippen LogP contribution in [0.3, 0.4) is 0 Å². The third kappa shape index (κ3) is 39.5. The fourth-order valence-corrected chi connectivity index (χ4v) is 6.38. The van der Waals surface area contributed by atoms with Crippen molar-refractivity contribution in [1.82, 2.24) is 0 Å². The van der Waals surface area contributed by atoms with Gasteiger partial charge in [-0.2, -0.15) is 0 Å². The summed E-state index contributed by atoms with van der Waals surface area (Å²) in [4.78, 5) is 12.2. The van der Waals surface area contributed by atoms with Crippen molar-refractivity contribution >= 4 is 5.97 Å². The van der Waals surface area contributed by atoms with E-state index in [4.69, 9.17) is 9.47 Å². The largest absolute Gasteiger partial charge is 0.457 e. The van der Waals surface area contributed by atoms with Gasteiger partial charge in [-0.15, -0.1) is 0 Å². The van der Waals surface area contributed by atoms with Gasteiger partial charge in [-0.3, -0.25) is 4.79 Å². The third-order valence-electron chi connectivity index (χ3n) is 9.59. The molecule has 0 amide bonds. The molecular weight excluding hydrogens is 580 g/mol. The molecule has 0 rings (SSSR count). The lowest BCUT2D eigenvalue weighted by molar-refractivity contribution is -0.154. The van der Waals surface area contributed by atoms with Gasteiger partial charge in [0.1, 0.15) is 6.10 Å². The van der Waals surface area contributed by atoms with Gasteiger partial charge in [0.15, 0.2) is 0 Å². The first-order valence-electron chi connectivity index (χ1n) is 21.3. The van der Waals surface area contributed by atoms with Crippen molar-refractivity contribution in [1.29, 1.82) is 0 Å². The number of carbonyl (C=O) groups excluding carboxylic acids is 1. The molecule has 0 aliphatic rings. The van der Waals surface area contributed by atoms with Crippen LogP contribution in [0.15, 0.2) is 12.2 Å². The molecule has 0 aliphatic carbocycles. The van der Waals surface area contributed by atoms with Crippen molar-refractivity contribution in [3.8, 4) is 0 Å². The van der Waals surface area contributed by atoms with E-state index in [-0.39, 0.29) is 12.6 Å². The van der Waals surface area contributed by atoms with Gasteiger partial charge < -0.3 is 14.6 Å². The third-order valence-corrected chi connectivity index (χ3v) is 9.59. The van der Waals surface area contributed by atoms with Crippen LogP contribution in [0, 0.1) is 0 Å². The highest BCUT2D eigenvalue weighted by Crippen LogP contribution is 2.15. The van der Waals surface area contributed by atoms with Crippen molar-refractivity contribution in [3.63, 3.8) is 0 Å². The van der Waals surface area contributed by atoms with Gasteiger partial charge in [-0.1, -0.05) is 199 Å². The smallest absolute Gasteiger partial charge is 0.306 e. The molecule has 0 bridgehead atoms. The van der Waals surface area contributed by atoms with Crippen molar-refractivity contribution in [2.75, 3.05) is 19.8 Å². The van der Waals surface area contributed by atoms with E-state index < -0.39 is 6.10 Å². The molecule has 0 aromatic heterocycles. The molecule has 0 aromatic carbocycles. The predicted octanol–water partition coefficient (Wildman–Crippen LogP) is 13.8. The summed E-state index contributed by atoms with van der Waals surface area (Å²) in [6.45, 7) is 5.37. The van der Waals surface area contributed by atoms with Gasteiger partial charge in [0.2, 0.25) is 0 Å². The highest BCUT2D eigenvalue weighted by atomic mass is 16.6. The summed E-state index contributed by atoms with van der Waals surface area (Å²) >= 11 is 0. The molecule has 47 heavy (non-hydrogen) atoms. The molecule has 0 heterocycles. The van der Waals surface area contributed by atoms with Crippen LogP contribution in [0.4, 0.5) is 0 Å². The van der Waals surface area contributed by atoms with Crippen molar-refractivity contribution < 1.29 is 19.4 Å². The van der Waals surface area contributed by atoms with E-state index in [1.54, 1.807) is 0 Å². The van der Waals surface area contributed by atoms with E-state index in [1.807, 2.05) is 0 Å². The monoisotopic (exact) mass is 665 g/mol. The topological polar surface area (TPSA) is 55.8 Å². The molecule has 4 nitrogen and oxygen atoms in total. The van der Waals surface area contributed by atoms with Gasteiger partial charge in [-0.05, 0) is 38.5 Å². The number of ether oxygens (including phenoxy) is 2. The zero-order chi connectivity index (χ0) is 34.1. The Labute approximate surface area is 295 Å². The summed E-state index contributed by atoms with van der Waals surface area (Å²) < 4.78 is 11.2. The maximum atomic E-state index is 12.2. The van der Waals surface area contributed by atoms with Gasteiger partial charge in [0.05, 0.1) is 13.2 Å². The minimum atomic E-state index is -0.532. The zero-order valence-electron chi connectivity index (χ0n) is 32.1. The molecule has 0 radical (unpaired) electrons. The van der Waals surface area contributed by atoms with E-state index in [0.717, 1.165) is 19.3 Å². The Morgan fingerprint density at radius 3 is 1.21 bits per heavy atom. The fraction of sp³-hybridized carbons (Fsp3) is 0.930. The molecule has 4 heteroatoms. The summed E-state index contributed by atoms with van der Waals surface area (Å²) in [6, 6.07) is 0. The van der Waals surface area contributed by atoms with Crippen LogP contribution >= 0.6 is 0 Å². The first-order chi connectivity index (χ1) is 23.2. The van der Waals surface area contributed by atoms with E-state index in [9.17, 15) is 9.90 Å². The number of esters is 1.